The summed E-state index contributed by atoms with van der Waals surface area (Å²) in [6, 6.07) is 8.54. The molecule has 1 N–H and O–H groups in total. The molecule has 1 unspecified atom stereocenters. The van der Waals surface area contributed by atoms with Crippen molar-refractivity contribution >= 4 is 0 Å². The van der Waals surface area contributed by atoms with Crippen LogP contribution in [0.25, 0.3) is 0 Å². The maximum atomic E-state index is 8.99. The Bertz CT molecular complexity index is 502. The average Bonchev–Trinajstić information content (AvgIpc) is 2.43. The van der Waals surface area contributed by atoms with Crippen LogP contribution in [0.4, 0.5) is 0 Å². The second-order valence-corrected chi connectivity index (χ2v) is 6.48. The predicted molar refractivity (Wildman–Crippen MR) is 80.6 cm³/mol. The lowest BCUT2D eigenvalue weighted by molar-refractivity contribution is 0.197. The largest absolute Gasteiger partial charge is 0.495 e. The Kier molecular flexibility index (Phi) is 4.67. The molecular formula is C17H24N2O. The lowest BCUT2D eigenvalue weighted by Crippen LogP contribution is -2.36. The Hall–Kier alpha value is -1.53. The predicted octanol–water partition coefficient (Wildman–Crippen LogP) is 3.63. The summed E-state index contributed by atoms with van der Waals surface area (Å²) >= 11 is 0. The van der Waals surface area contributed by atoms with Gasteiger partial charge in [0, 0.05) is 12.6 Å². The van der Waals surface area contributed by atoms with Crippen molar-refractivity contribution in [3.05, 3.63) is 29.3 Å². The van der Waals surface area contributed by atoms with Crippen LogP contribution in [0.15, 0.2) is 18.2 Å². The van der Waals surface area contributed by atoms with Gasteiger partial charge in [0.25, 0.3) is 0 Å². The second-order valence-electron chi connectivity index (χ2n) is 6.48. The van der Waals surface area contributed by atoms with Gasteiger partial charge in [-0.2, -0.15) is 5.26 Å². The van der Waals surface area contributed by atoms with Gasteiger partial charge in [0.1, 0.15) is 11.8 Å². The molecule has 1 aromatic carbocycles. The standard InChI is InChI=1S/C17H24N2O/c1-17(2)8-4-5-15(10-17)19-12-13-6-7-14(11-18)16(9-13)20-3/h6-7,9,15,19H,4-5,8,10,12H2,1-3H3. The second kappa shape index (κ2) is 6.28. The first-order valence-electron chi connectivity index (χ1n) is 7.34. The third kappa shape index (κ3) is 3.74. The maximum Gasteiger partial charge on any atom is 0.136 e. The van der Waals surface area contributed by atoms with Gasteiger partial charge in [0.2, 0.25) is 0 Å². The zero-order chi connectivity index (χ0) is 14.6. The molecule has 0 spiro atoms. The number of nitriles is 1. The molecule has 3 nitrogen and oxygen atoms in total. The summed E-state index contributed by atoms with van der Waals surface area (Å²) in [6.07, 6.45) is 5.13. The Morgan fingerprint density at radius 3 is 2.90 bits per heavy atom. The Morgan fingerprint density at radius 2 is 2.25 bits per heavy atom. The molecule has 0 aromatic heterocycles. The maximum absolute atomic E-state index is 8.99. The zero-order valence-corrected chi connectivity index (χ0v) is 12.7. The monoisotopic (exact) mass is 272 g/mol. The summed E-state index contributed by atoms with van der Waals surface area (Å²) in [5, 5.41) is 12.6. The van der Waals surface area contributed by atoms with Gasteiger partial charge in [0.15, 0.2) is 0 Å². The summed E-state index contributed by atoms with van der Waals surface area (Å²) in [6.45, 7) is 5.54. The van der Waals surface area contributed by atoms with E-state index in [0.29, 0.717) is 22.8 Å². The fourth-order valence-electron chi connectivity index (χ4n) is 3.07. The van der Waals surface area contributed by atoms with E-state index < -0.39 is 0 Å². The molecule has 1 aliphatic carbocycles. The molecule has 1 saturated carbocycles. The number of methoxy groups -OCH3 is 1. The minimum absolute atomic E-state index is 0.457. The number of nitrogens with one attached hydrogen (secondary N) is 1. The van der Waals surface area contributed by atoms with E-state index in [9.17, 15) is 0 Å². The van der Waals surface area contributed by atoms with E-state index in [0.717, 1.165) is 6.54 Å². The van der Waals surface area contributed by atoms with Crippen LogP contribution in [0.1, 0.15) is 50.7 Å². The molecule has 1 atom stereocenters. The van der Waals surface area contributed by atoms with E-state index in [2.05, 4.69) is 25.2 Å². The highest BCUT2D eigenvalue weighted by Gasteiger charge is 2.27. The van der Waals surface area contributed by atoms with Gasteiger partial charge < -0.3 is 10.1 Å². The summed E-state index contributed by atoms with van der Waals surface area (Å²) in [5.74, 6) is 0.663. The zero-order valence-electron chi connectivity index (χ0n) is 12.7. The first-order valence-corrected chi connectivity index (χ1v) is 7.34. The number of hydrogen-bond donors (Lipinski definition) is 1. The quantitative estimate of drug-likeness (QED) is 0.910. The first kappa shape index (κ1) is 14.9. The van der Waals surface area contributed by atoms with E-state index >= 15 is 0 Å². The van der Waals surface area contributed by atoms with Crippen molar-refractivity contribution in [2.24, 2.45) is 5.41 Å². The summed E-state index contributed by atoms with van der Waals surface area (Å²) in [4.78, 5) is 0. The summed E-state index contributed by atoms with van der Waals surface area (Å²) < 4.78 is 5.25. The molecule has 0 bridgehead atoms. The first-order chi connectivity index (χ1) is 9.54. The van der Waals surface area contributed by atoms with Crippen molar-refractivity contribution in [2.75, 3.05) is 7.11 Å². The average molecular weight is 272 g/mol. The van der Waals surface area contributed by atoms with Crippen molar-refractivity contribution in [1.82, 2.24) is 5.32 Å². The van der Waals surface area contributed by atoms with Gasteiger partial charge in [-0.15, -0.1) is 0 Å². The van der Waals surface area contributed by atoms with Crippen LogP contribution in [-0.2, 0) is 6.54 Å². The Balaban J connectivity index is 1.96. The van der Waals surface area contributed by atoms with Crippen molar-refractivity contribution in [3.8, 4) is 11.8 Å². The van der Waals surface area contributed by atoms with Crippen LogP contribution >= 0.6 is 0 Å². The lowest BCUT2D eigenvalue weighted by Gasteiger charge is -2.35. The van der Waals surface area contributed by atoms with E-state index in [1.54, 1.807) is 7.11 Å². The van der Waals surface area contributed by atoms with Crippen LogP contribution in [0.3, 0.4) is 0 Å². The number of nitrogens with zero attached hydrogens (tertiary/aromatic N) is 1. The fourth-order valence-corrected chi connectivity index (χ4v) is 3.07. The number of benzene rings is 1. The topological polar surface area (TPSA) is 45.0 Å². The van der Waals surface area contributed by atoms with Gasteiger partial charge in [0.05, 0.1) is 12.7 Å². The molecule has 0 heterocycles. The van der Waals surface area contributed by atoms with E-state index in [1.165, 1.54) is 31.2 Å². The molecule has 1 aliphatic rings. The van der Waals surface area contributed by atoms with Gasteiger partial charge >= 0.3 is 0 Å². The minimum Gasteiger partial charge on any atom is -0.495 e. The number of rotatable bonds is 4. The number of ether oxygens (including phenoxy) is 1. The molecule has 0 radical (unpaired) electrons. The molecule has 1 fully saturated rings. The highest BCUT2D eigenvalue weighted by Crippen LogP contribution is 2.35. The van der Waals surface area contributed by atoms with Gasteiger partial charge in [-0.1, -0.05) is 26.3 Å². The summed E-state index contributed by atoms with van der Waals surface area (Å²) in [5.41, 5.74) is 2.22. The van der Waals surface area contributed by atoms with Crippen molar-refractivity contribution in [1.29, 1.82) is 5.26 Å². The van der Waals surface area contributed by atoms with Gasteiger partial charge in [-0.3, -0.25) is 0 Å². The molecular weight excluding hydrogens is 248 g/mol. The third-order valence-corrected chi connectivity index (χ3v) is 4.19. The highest BCUT2D eigenvalue weighted by molar-refractivity contribution is 5.45. The minimum atomic E-state index is 0.457. The molecule has 0 saturated heterocycles. The van der Waals surface area contributed by atoms with Crippen molar-refractivity contribution < 1.29 is 4.74 Å². The summed E-state index contributed by atoms with van der Waals surface area (Å²) in [7, 11) is 1.61. The van der Waals surface area contributed by atoms with Gasteiger partial charge in [-0.05, 0) is 42.4 Å². The normalized spacial score (nSPS) is 21.2. The molecule has 20 heavy (non-hydrogen) atoms. The van der Waals surface area contributed by atoms with E-state index in [4.69, 9.17) is 10.00 Å². The van der Waals surface area contributed by atoms with Crippen LogP contribution in [0, 0.1) is 16.7 Å². The molecule has 2 rings (SSSR count). The van der Waals surface area contributed by atoms with E-state index in [-0.39, 0.29) is 0 Å². The van der Waals surface area contributed by atoms with Crippen molar-refractivity contribution in [3.63, 3.8) is 0 Å². The SMILES string of the molecule is COc1cc(CNC2CCCC(C)(C)C2)ccc1C#N. The van der Waals surface area contributed by atoms with Crippen LogP contribution in [0.2, 0.25) is 0 Å². The fraction of sp³-hybridized carbons (Fsp3) is 0.588. The molecule has 0 aliphatic heterocycles. The van der Waals surface area contributed by atoms with Crippen LogP contribution in [-0.4, -0.2) is 13.2 Å². The Morgan fingerprint density at radius 1 is 1.45 bits per heavy atom. The molecule has 108 valence electrons. The van der Waals surface area contributed by atoms with Crippen molar-refractivity contribution in [2.45, 2.75) is 52.1 Å². The lowest BCUT2D eigenvalue weighted by atomic mass is 9.75. The smallest absolute Gasteiger partial charge is 0.136 e. The van der Waals surface area contributed by atoms with Crippen LogP contribution in [0.5, 0.6) is 5.75 Å². The molecule has 3 heteroatoms. The van der Waals surface area contributed by atoms with Crippen LogP contribution < -0.4 is 10.1 Å². The highest BCUT2D eigenvalue weighted by atomic mass is 16.5. The third-order valence-electron chi connectivity index (χ3n) is 4.19. The number of hydrogen-bond acceptors (Lipinski definition) is 3. The molecule has 1 aromatic rings. The molecule has 0 amide bonds. The van der Waals surface area contributed by atoms with E-state index in [1.807, 2.05) is 18.2 Å². The Labute approximate surface area is 121 Å². The van der Waals surface area contributed by atoms with Gasteiger partial charge in [-0.25, -0.2) is 0 Å².